The van der Waals surface area contributed by atoms with E-state index in [1.165, 1.54) is 19.3 Å². The average molecular weight is 343 g/mol. The quantitative estimate of drug-likeness (QED) is 0.391. The van der Waals surface area contributed by atoms with Crippen molar-refractivity contribution in [3.8, 4) is 0 Å². The molecule has 0 aliphatic rings. The maximum absolute atomic E-state index is 4.53. The van der Waals surface area contributed by atoms with Crippen LogP contribution in [0.25, 0.3) is 0 Å². The third-order valence-electron chi connectivity index (χ3n) is 1.93. The maximum Gasteiger partial charge on any atom is 3.00 e. The Hall–Kier alpha value is 0.412. The molecule has 0 bridgehead atoms. The summed E-state index contributed by atoms with van der Waals surface area (Å²) in [7, 11) is 9.67. The first-order valence-electron chi connectivity index (χ1n) is 7.85. The van der Waals surface area contributed by atoms with E-state index in [4.69, 9.17) is 0 Å². The van der Waals surface area contributed by atoms with Crippen LogP contribution in [0.5, 0.6) is 0 Å². The molecular formula is C17H39CrO3. The summed E-state index contributed by atoms with van der Waals surface area (Å²) < 4.78 is 13.6. The van der Waals surface area contributed by atoms with Gasteiger partial charge in [-0.2, -0.15) is 0 Å². The SMILES string of the molecule is CC.[CH2-]OCCCC.[CH2-]OCCCC.[CH2-]OCCCC.[Cr+3]. The summed E-state index contributed by atoms with van der Waals surface area (Å²) in [6.45, 7) is 12.8. The zero-order valence-corrected chi connectivity index (χ0v) is 16.4. The Morgan fingerprint density at radius 2 is 0.762 bits per heavy atom. The molecule has 131 valence electrons. The molecule has 0 fully saturated rings. The van der Waals surface area contributed by atoms with Gasteiger partial charge in [0.2, 0.25) is 0 Å². The molecule has 0 aromatic carbocycles. The largest absolute Gasteiger partial charge is 3.00 e. The Morgan fingerprint density at radius 1 is 0.571 bits per heavy atom. The molecule has 21 heavy (non-hydrogen) atoms. The van der Waals surface area contributed by atoms with Gasteiger partial charge in [-0.1, -0.05) is 53.9 Å². The molecule has 3 nitrogen and oxygen atoms in total. The predicted octanol–water partition coefficient (Wildman–Crippen LogP) is 5.81. The number of rotatable bonds is 9. The van der Waals surface area contributed by atoms with Crippen molar-refractivity contribution in [1.82, 2.24) is 0 Å². The molecule has 0 aromatic heterocycles. The van der Waals surface area contributed by atoms with Crippen LogP contribution in [0.2, 0.25) is 0 Å². The molecule has 4 heteroatoms. The van der Waals surface area contributed by atoms with E-state index in [1.54, 1.807) is 0 Å². The molecule has 0 aliphatic carbocycles. The first-order valence-corrected chi connectivity index (χ1v) is 7.85. The molecule has 0 unspecified atom stereocenters. The van der Waals surface area contributed by atoms with Crippen LogP contribution >= 0.6 is 0 Å². The summed E-state index contributed by atoms with van der Waals surface area (Å²) in [5, 5.41) is 0. The second-order valence-electron chi connectivity index (χ2n) is 3.79. The summed E-state index contributed by atoms with van der Waals surface area (Å²) in [5.41, 5.74) is 0. The molecule has 0 spiro atoms. The number of ether oxygens (including phenoxy) is 3. The topological polar surface area (TPSA) is 27.7 Å². The van der Waals surface area contributed by atoms with Crippen LogP contribution in [0.15, 0.2) is 0 Å². The zero-order chi connectivity index (χ0) is 16.5. The Kier molecular flexibility index (Phi) is 78.7. The number of hydrogen-bond acceptors (Lipinski definition) is 3. The second kappa shape index (κ2) is 49.9. The van der Waals surface area contributed by atoms with Crippen LogP contribution in [0, 0.1) is 21.3 Å². The van der Waals surface area contributed by atoms with Crippen LogP contribution in [-0.2, 0) is 31.6 Å². The molecule has 0 saturated carbocycles. The van der Waals surface area contributed by atoms with Gasteiger partial charge >= 0.3 is 17.4 Å². The van der Waals surface area contributed by atoms with Crippen LogP contribution in [0.3, 0.4) is 0 Å². The number of unbranched alkanes of at least 4 members (excludes halogenated alkanes) is 3. The Bertz CT molecular complexity index is 73.0. The summed E-state index contributed by atoms with van der Waals surface area (Å²) >= 11 is 0. The van der Waals surface area contributed by atoms with Gasteiger partial charge in [0.25, 0.3) is 0 Å². The molecule has 0 rings (SSSR count). The zero-order valence-electron chi connectivity index (χ0n) is 15.1. The third kappa shape index (κ3) is 78.1. The fraction of sp³-hybridized carbons (Fsp3) is 0.824. The maximum atomic E-state index is 4.53. The van der Waals surface area contributed by atoms with Gasteiger partial charge in [0.1, 0.15) is 0 Å². The van der Waals surface area contributed by atoms with Crippen LogP contribution in [0.4, 0.5) is 0 Å². The molecule has 0 heterocycles. The fourth-order valence-electron chi connectivity index (χ4n) is 0.739. The van der Waals surface area contributed by atoms with Crippen molar-refractivity contribution in [3.05, 3.63) is 21.3 Å². The Morgan fingerprint density at radius 3 is 0.810 bits per heavy atom. The van der Waals surface area contributed by atoms with Crippen LogP contribution in [-0.4, -0.2) is 19.8 Å². The van der Waals surface area contributed by atoms with E-state index in [-0.39, 0.29) is 17.4 Å². The van der Waals surface area contributed by atoms with E-state index in [2.05, 4.69) is 56.3 Å². The van der Waals surface area contributed by atoms with Gasteiger partial charge in [0.05, 0.1) is 0 Å². The van der Waals surface area contributed by atoms with E-state index < -0.39 is 0 Å². The monoisotopic (exact) mass is 343 g/mol. The van der Waals surface area contributed by atoms with Crippen molar-refractivity contribution in [1.29, 1.82) is 0 Å². The molecule has 0 N–H and O–H groups in total. The van der Waals surface area contributed by atoms with Crippen molar-refractivity contribution in [3.63, 3.8) is 0 Å². The van der Waals surface area contributed by atoms with Gasteiger partial charge in [0, 0.05) is 19.8 Å². The van der Waals surface area contributed by atoms with Crippen LogP contribution in [0.1, 0.15) is 73.1 Å². The molecule has 0 aliphatic heterocycles. The molecule has 0 saturated heterocycles. The smallest absolute Gasteiger partial charge is 0.555 e. The fourth-order valence-corrected chi connectivity index (χ4v) is 0.739. The minimum absolute atomic E-state index is 0. The third-order valence-corrected chi connectivity index (χ3v) is 1.93. The Balaban J connectivity index is -0.0000000561. The van der Waals surface area contributed by atoms with Crippen molar-refractivity contribution < 1.29 is 31.6 Å². The van der Waals surface area contributed by atoms with Crippen molar-refractivity contribution >= 4 is 0 Å². The van der Waals surface area contributed by atoms with E-state index in [9.17, 15) is 0 Å². The van der Waals surface area contributed by atoms with Crippen molar-refractivity contribution in [2.24, 2.45) is 0 Å². The van der Waals surface area contributed by atoms with Gasteiger partial charge in [-0.25, -0.2) is 21.3 Å². The number of hydrogen-bond donors (Lipinski definition) is 0. The Labute approximate surface area is 146 Å². The van der Waals surface area contributed by atoms with E-state index >= 15 is 0 Å². The summed E-state index contributed by atoms with van der Waals surface area (Å²) in [6.07, 6.45) is 6.96. The van der Waals surface area contributed by atoms with Crippen molar-refractivity contribution in [2.75, 3.05) is 19.8 Å². The standard InChI is InChI=1S/3C5H11O.C2H6.Cr/c3*1-3-4-5-6-2;1-2;/h3*2-5H2,1H3;1-2H3;/q3*-1;;+3. The second-order valence-corrected chi connectivity index (χ2v) is 3.79. The van der Waals surface area contributed by atoms with Gasteiger partial charge in [-0.05, 0) is 19.3 Å². The molecular weight excluding hydrogens is 304 g/mol. The van der Waals surface area contributed by atoms with Gasteiger partial charge in [0.15, 0.2) is 0 Å². The molecule has 0 aromatic rings. The van der Waals surface area contributed by atoms with E-state index in [1.807, 2.05) is 13.8 Å². The normalized spacial score (nSPS) is 8.00. The summed E-state index contributed by atoms with van der Waals surface area (Å²) in [6, 6.07) is 0. The van der Waals surface area contributed by atoms with Gasteiger partial charge in [-0.15, -0.1) is 0 Å². The van der Waals surface area contributed by atoms with E-state index in [0.29, 0.717) is 0 Å². The average Bonchev–Trinajstić information content (AvgIpc) is 2.52. The first-order chi connectivity index (χ1) is 9.74. The summed E-state index contributed by atoms with van der Waals surface area (Å²) in [4.78, 5) is 0. The molecule has 1 radical (unpaired) electrons. The molecule has 0 amide bonds. The van der Waals surface area contributed by atoms with E-state index in [0.717, 1.165) is 39.1 Å². The van der Waals surface area contributed by atoms with Crippen molar-refractivity contribution in [2.45, 2.75) is 73.1 Å². The predicted molar refractivity (Wildman–Crippen MR) is 90.0 cm³/mol. The minimum atomic E-state index is 0. The van der Waals surface area contributed by atoms with Gasteiger partial charge in [-0.3, -0.25) is 0 Å². The van der Waals surface area contributed by atoms with Crippen LogP contribution < -0.4 is 0 Å². The first kappa shape index (κ1) is 33.1. The minimum Gasteiger partial charge on any atom is -0.555 e. The molecule has 0 atom stereocenters. The summed E-state index contributed by atoms with van der Waals surface area (Å²) in [5.74, 6) is 0. The van der Waals surface area contributed by atoms with Gasteiger partial charge < -0.3 is 14.2 Å².